The molecule has 0 spiro atoms. The van der Waals surface area contributed by atoms with E-state index in [2.05, 4.69) is 33.8 Å². The fourth-order valence-electron chi connectivity index (χ4n) is 17.8. The van der Waals surface area contributed by atoms with Gasteiger partial charge in [-0.15, -0.1) is 0 Å². The number of aliphatic hydroxyl groups excluding tert-OH is 16. The van der Waals surface area contributed by atoms with E-state index >= 15 is 4.79 Å². The molecule has 2 unspecified atom stereocenters. The topological polar surface area (TPSA) is 459 Å². The van der Waals surface area contributed by atoms with Crippen LogP contribution in [-0.4, -0.2) is 287 Å². The third-order valence-corrected chi connectivity index (χ3v) is 22.8. The summed E-state index contributed by atoms with van der Waals surface area (Å²) in [5.41, 5.74) is -4.89. The lowest BCUT2D eigenvalue weighted by atomic mass is 9.33. The van der Waals surface area contributed by atoms with Gasteiger partial charge in [-0.2, -0.15) is 0 Å². The van der Waals surface area contributed by atoms with Crippen LogP contribution in [0.25, 0.3) is 0 Å². The number of carbonyl (C=O) groups excluding carboxylic acids is 2. The first-order valence-corrected chi connectivity index (χ1v) is 30.8. The summed E-state index contributed by atoms with van der Waals surface area (Å²) in [6, 6.07) is 0. The fourth-order valence-corrected chi connectivity index (χ4v) is 17.8. The monoisotopic (exact) mass is 1270 g/mol. The average molecular weight is 1270 g/mol. The lowest BCUT2D eigenvalue weighted by molar-refractivity contribution is -0.372. The van der Waals surface area contributed by atoms with Gasteiger partial charge in [0.2, 0.25) is 6.29 Å². The molecule has 5 saturated heterocycles. The molecule has 4 saturated carbocycles. The zero-order valence-corrected chi connectivity index (χ0v) is 50.6. The Kier molecular flexibility index (Phi) is 19.8. The molecule has 5 aliphatic heterocycles. The SMILES string of the molecule is CC(=O)O[C@H]1[C@@H](O)[C@H](O[C@@H]2[C@@H](OC(=O)[C@]34CCC(C)(C)C[C@H]3C3=CCC5[C@@]6(C)C[C@H](O)[C@H](O[C@@H]7O[C@H](CO)[C@@H](O)[C@H](O)[C@H]7O)C(CO)(CO)C6CC[C@@]5(C)[C@]3(C)C[C@H]4O)OC[C@@H](O)[C@H]2O)O[C@@H](C)[C@@H]1O[C@@H]1OC[C@@H](O)[C@H](O[C@@H]2O[C@@H](CO)[C@@H](O)[C@H]2O)[C@H]1O. The molecule has 0 radical (unpaired) electrons. The maximum atomic E-state index is 15.5. The Morgan fingerprint density at radius 2 is 1.12 bits per heavy atom. The predicted octanol–water partition coefficient (Wildman–Crippen LogP) is -4.81. The molecule has 5 aliphatic carbocycles. The molecule has 16 N–H and O–H groups in total. The first-order chi connectivity index (χ1) is 41.3. The Morgan fingerprint density at radius 1 is 0.557 bits per heavy atom. The highest BCUT2D eigenvalue weighted by molar-refractivity contribution is 5.80. The Bertz CT molecular complexity index is 2490. The first kappa shape index (κ1) is 68.5. The highest BCUT2D eigenvalue weighted by atomic mass is 16.8. The second-order valence-electron chi connectivity index (χ2n) is 28.3. The molecule has 504 valence electrons. The van der Waals surface area contributed by atoms with Crippen LogP contribution in [0.15, 0.2) is 11.6 Å². The fraction of sp³-hybridized carbons (Fsp3) is 0.932. The molecule has 0 amide bonds. The summed E-state index contributed by atoms with van der Waals surface area (Å²) in [7, 11) is 0. The number of fused-ring (bicyclic) bond motifs is 7. The summed E-state index contributed by atoms with van der Waals surface area (Å²) in [6.07, 6.45) is -35.8. The van der Waals surface area contributed by atoms with Gasteiger partial charge in [0, 0.05) is 12.3 Å². The number of allylic oxidation sites excluding steroid dienone is 2. The molecular weight excluding hydrogens is 1170 g/mol. The van der Waals surface area contributed by atoms with Crippen LogP contribution < -0.4 is 0 Å². The first-order valence-electron chi connectivity index (χ1n) is 30.8. The van der Waals surface area contributed by atoms with Gasteiger partial charge in [0.05, 0.1) is 64.1 Å². The van der Waals surface area contributed by atoms with Crippen LogP contribution in [0.5, 0.6) is 0 Å². The predicted molar refractivity (Wildman–Crippen MR) is 291 cm³/mol. The van der Waals surface area contributed by atoms with Crippen molar-refractivity contribution < 1.29 is 143 Å². The standard InChI is InChI=1S/C59H94O29/c1-23-43(84-48-41(75)44(29(67)20-78-48)85-49-39(73)37(71)31(18-61)82-49)45(81-24(2)64)42(76)51(80-23)86-46-35(69)28(66)19-79-52(46)88-53(77)59-13-12-54(3,4)14-26(59)25-8-9-32-55(5)15-27(65)47(87-50-40(74)38(72)36(70)30(17-60)83-50)58(21-62,22-63)33(55)10-11-56(32,6)57(25,7)16-34(59)68/h8,23,26-52,60-63,65-76H,9-22H2,1-7H3/t23-,26-,27-,28+,29+,30+,31-,32?,33?,34+,35+,36+,37+,38-,39+,40+,41+,42+,43-,44-,45-,46-,47-,48-,49-,50-,51-,52+,55+,56+,57+,59+/m0/s1. The van der Waals surface area contributed by atoms with Crippen LogP contribution >= 0.6 is 0 Å². The van der Waals surface area contributed by atoms with Crippen LogP contribution in [0.2, 0.25) is 0 Å². The summed E-state index contributed by atoms with van der Waals surface area (Å²) in [6.45, 7) is 9.10. The van der Waals surface area contributed by atoms with Gasteiger partial charge < -0.3 is 134 Å². The number of rotatable bonds is 15. The van der Waals surface area contributed by atoms with Crippen LogP contribution in [0, 0.1) is 50.2 Å². The molecule has 88 heavy (non-hydrogen) atoms. The number of carbonyl (C=O) groups is 2. The maximum absolute atomic E-state index is 15.5. The molecule has 29 heteroatoms. The molecular formula is C59H94O29. The van der Waals surface area contributed by atoms with Crippen molar-refractivity contribution in [3.8, 4) is 0 Å². The minimum atomic E-state index is -1.99. The van der Waals surface area contributed by atoms with Gasteiger partial charge >= 0.3 is 11.9 Å². The van der Waals surface area contributed by atoms with E-state index in [0.29, 0.717) is 32.1 Å². The van der Waals surface area contributed by atoms with Gasteiger partial charge in [0.25, 0.3) is 0 Å². The lowest BCUT2D eigenvalue weighted by Crippen LogP contribution is -2.71. The Labute approximate surface area is 508 Å². The lowest BCUT2D eigenvalue weighted by Gasteiger charge is -2.72. The number of hydrogen-bond acceptors (Lipinski definition) is 29. The van der Waals surface area contributed by atoms with Crippen molar-refractivity contribution in [2.24, 2.45) is 50.2 Å². The van der Waals surface area contributed by atoms with Crippen LogP contribution in [0.3, 0.4) is 0 Å². The Hall–Kier alpha value is -2.32. The molecule has 10 aliphatic rings. The minimum Gasteiger partial charge on any atom is -0.457 e. The zero-order valence-electron chi connectivity index (χ0n) is 50.6. The summed E-state index contributed by atoms with van der Waals surface area (Å²) in [5.74, 6) is -3.22. The number of hydrogen-bond donors (Lipinski definition) is 16. The molecule has 0 aromatic carbocycles. The highest BCUT2D eigenvalue weighted by Gasteiger charge is 2.74. The van der Waals surface area contributed by atoms with Crippen molar-refractivity contribution in [2.45, 2.75) is 253 Å². The molecule has 9 fully saturated rings. The third kappa shape index (κ3) is 11.2. The van der Waals surface area contributed by atoms with Gasteiger partial charge in [-0.1, -0.05) is 46.3 Å². The zero-order chi connectivity index (χ0) is 64.3. The normalized spacial score (nSPS) is 52.5. The van der Waals surface area contributed by atoms with Crippen molar-refractivity contribution in [1.29, 1.82) is 0 Å². The van der Waals surface area contributed by atoms with Crippen LogP contribution in [-0.2, 0) is 61.7 Å². The van der Waals surface area contributed by atoms with Gasteiger partial charge in [-0.3, -0.25) is 9.59 Å². The second kappa shape index (κ2) is 25.4. The Morgan fingerprint density at radius 3 is 1.76 bits per heavy atom. The van der Waals surface area contributed by atoms with E-state index in [1.54, 1.807) is 0 Å². The summed E-state index contributed by atoms with van der Waals surface area (Å²) >= 11 is 0. The molecule has 10 rings (SSSR count). The molecule has 0 bridgehead atoms. The molecule has 32 atom stereocenters. The van der Waals surface area contributed by atoms with Crippen molar-refractivity contribution in [2.75, 3.05) is 39.6 Å². The van der Waals surface area contributed by atoms with E-state index in [9.17, 15) is 86.5 Å². The van der Waals surface area contributed by atoms with Gasteiger partial charge in [-0.25, -0.2) is 0 Å². The summed E-state index contributed by atoms with van der Waals surface area (Å²) in [4.78, 5) is 28.2. The molecule has 0 aromatic heterocycles. The largest absolute Gasteiger partial charge is 0.457 e. The van der Waals surface area contributed by atoms with Crippen LogP contribution in [0.1, 0.15) is 99.8 Å². The number of esters is 2. The maximum Gasteiger partial charge on any atom is 0.317 e. The van der Waals surface area contributed by atoms with E-state index < -0.39 is 244 Å². The quantitative estimate of drug-likeness (QED) is 0.0416. The summed E-state index contributed by atoms with van der Waals surface area (Å²) < 4.78 is 64.8. The van der Waals surface area contributed by atoms with E-state index in [0.717, 1.165) is 12.5 Å². The van der Waals surface area contributed by atoms with Gasteiger partial charge in [0.15, 0.2) is 37.4 Å². The van der Waals surface area contributed by atoms with Crippen molar-refractivity contribution in [1.82, 2.24) is 0 Å². The molecule has 29 nitrogen and oxygen atoms in total. The highest BCUT2D eigenvalue weighted by Crippen LogP contribution is 2.76. The molecule has 5 heterocycles. The average Bonchev–Trinajstić information content (AvgIpc) is 0.729. The van der Waals surface area contributed by atoms with E-state index in [1.807, 2.05) is 6.92 Å². The van der Waals surface area contributed by atoms with Crippen molar-refractivity contribution in [3.05, 3.63) is 11.6 Å². The molecule has 0 aromatic rings. The number of ether oxygens (including phenoxy) is 11. The number of aliphatic hydroxyl groups is 16. The van der Waals surface area contributed by atoms with Crippen molar-refractivity contribution >= 4 is 11.9 Å². The van der Waals surface area contributed by atoms with E-state index in [1.165, 1.54) is 6.92 Å². The third-order valence-electron chi connectivity index (χ3n) is 22.8. The van der Waals surface area contributed by atoms with Gasteiger partial charge in [0.1, 0.15) is 90.9 Å². The smallest absolute Gasteiger partial charge is 0.317 e. The van der Waals surface area contributed by atoms with Crippen molar-refractivity contribution in [3.63, 3.8) is 0 Å². The van der Waals surface area contributed by atoms with E-state index in [-0.39, 0.29) is 30.6 Å². The van der Waals surface area contributed by atoms with Gasteiger partial charge in [-0.05, 0) is 97.7 Å². The van der Waals surface area contributed by atoms with E-state index in [4.69, 9.17) is 52.1 Å². The summed E-state index contributed by atoms with van der Waals surface area (Å²) in [5, 5.41) is 177. The van der Waals surface area contributed by atoms with Crippen LogP contribution in [0.4, 0.5) is 0 Å². The Balaban J connectivity index is 0.883. The second-order valence-corrected chi connectivity index (χ2v) is 28.3. The minimum absolute atomic E-state index is 0.0626.